The van der Waals surface area contributed by atoms with Crippen molar-refractivity contribution in [3.8, 4) is 23.0 Å². The van der Waals surface area contributed by atoms with Crippen LogP contribution in [0.15, 0.2) is 66.7 Å². The van der Waals surface area contributed by atoms with E-state index in [1.165, 1.54) is 19.2 Å². The van der Waals surface area contributed by atoms with Gasteiger partial charge in [-0.3, -0.25) is 4.79 Å². The average Bonchev–Trinajstić information content (AvgIpc) is 3.34. The first-order chi connectivity index (χ1) is 19.8. The van der Waals surface area contributed by atoms with Gasteiger partial charge < -0.3 is 33.3 Å². The lowest BCUT2D eigenvalue weighted by Crippen LogP contribution is -2.52. The summed E-state index contributed by atoms with van der Waals surface area (Å²) in [6, 6.07) is 16.2. The molecule has 1 saturated carbocycles. The zero-order valence-electron chi connectivity index (χ0n) is 22.3. The summed E-state index contributed by atoms with van der Waals surface area (Å²) in [6.07, 6.45) is -1.92. The van der Waals surface area contributed by atoms with E-state index in [4.69, 9.17) is 18.9 Å². The maximum Gasteiger partial charge on any atom is 0.534 e. The number of methoxy groups -OCH3 is 3. The highest BCUT2D eigenvalue weighted by Crippen LogP contribution is 2.70. The van der Waals surface area contributed by atoms with Gasteiger partial charge in [0.1, 0.15) is 29.1 Å². The van der Waals surface area contributed by atoms with Crippen molar-refractivity contribution in [1.29, 1.82) is 0 Å². The summed E-state index contributed by atoms with van der Waals surface area (Å²) in [7, 11) is -2.42. The van der Waals surface area contributed by atoms with Crippen LogP contribution >= 0.6 is 0 Å². The molecule has 0 saturated heterocycles. The van der Waals surface area contributed by atoms with Crippen LogP contribution in [-0.2, 0) is 30.9 Å². The molecule has 0 spiro atoms. The van der Waals surface area contributed by atoms with Crippen molar-refractivity contribution in [3.05, 3.63) is 83.4 Å². The molecule has 1 fully saturated rings. The zero-order valence-corrected chi connectivity index (χ0v) is 23.1. The number of fused-ring (bicyclic) bond motifs is 3. The number of carbonyl (C=O) groups excluding carboxylic acids is 1. The van der Waals surface area contributed by atoms with E-state index in [1.807, 2.05) is 0 Å². The van der Waals surface area contributed by atoms with Gasteiger partial charge in [0.25, 0.3) is 0 Å². The molecule has 3 aromatic carbocycles. The van der Waals surface area contributed by atoms with Gasteiger partial charge >= 0.3 is 21.6 Å². The van der Waals surface area contributed by atoms with Crippen molar-refractivity contribution in [2.75, 3.05) is 21.3 Å². The Morgan fingerprint density at radius 2 is 1.60 bits per heavy atom. The summed E-state index contributed by atoms with van der Waals surface area (Å²) in [5, 5.41) is 24.5. The Morgan fingerprint density at radius 1 is 0.952 bits per heavy atom. The largest absolute Gasteiger partial charge is 0.534 e. The molecule has 3 aromatic rings. The number of hydrogen-bond acceptors (Lipinski definition) is 10. The van der Waals surface area contributed by atoms with Crippen LogP contribution in [0, 0.1) is 5.92 Å². The summed E-state index contributed by atoms with van der Waals surface area (Å²) in [5.41, 5.74) is -9.81. The third-order valence-corrected chi connectivity index (χ3v) is 8.66. The Morgan fingerprint density at radius 3 is 2.14 bits per heavy atom. The van der Waals surface area contributed by atoms with Crippen LogP contribution < -0.4 is 18.4 Å². The smallest absolute Gasteiger partial charge is 0.497 e. The number of carbonyl (C=O) groups is 1. The number of alkyl halides is 3. The van der Waals surface area contributed by atoms with Crippen LogP contribution in [0.25, 0.3) is 0 Å². The molecule has 0 radical (unpaired) electrons. The molecule has 2 aliphatic rings. The Bertz CT molecular complexity index is 1610. The second-order valence-electron chi connectivity index (χ2n) is 9.70. The number of esters is 1. The average molecular weight is 611 g/mol. The standard InChI is InChI=1S/C28H25F3O10S/c1-37-17-11-9-16(10-12-17)27-22(15-7-5-4-6-8-15)21(25(33)39-3)24(32)26(27,34)23-19(38-2)13-18(14-20(23)40-27)41-42(35,36)28(29,30)31/h4-14,21-22,24,32,34H,1-3H3/t21-,22-,24-,26+,27+/m1/s1. The highest BCUT2D eigenvalue weighted by molar-refractivity contribution is 7.88. The van der Waals surface area contributed by atoms with Crippen molar-refractivity contribution in [1.82, 2.24) is 0 Å². The SMILES string of the molecule is COC(=O)[C@H]1[C@@H](O)[C@@]2(O)c3c(OC)cc(OS(=O)(=O)C(F)(F)F)cc3O[C@@]2(c2ccc(OC)cc2)[C@@H]1c1ccccc1. The fourth-order valence-corrected chi connectivity index (χ4v) is 6.45. The van der Waals surface area contributed by atoms with Gasteiger partial charge in [0.15, 0.2) is 11.2 Å². The van der Waals surface area contributed by atoms with E-state index < -0.39 is 56.5 Å². The van der Waals surface area contributed by atoms with E-state index in [0.29, 0.717) is 11.3 Å². The minimum Gasteiger partial charge on any atom is -0.497 e. The van der Waals surface area contributed by atoms with Gasteiger partial charge in [-0.1, -0.05) is 42.5 Å². The van der Waals surface area contributed by atoms with Crippen LogP contribution in [0.3, 0.4) is 0 Å². The van der Waals surface area contributed by atoms with Crippen LogP contribution in [0.2, 0.25) is 0 Å². The number of aliphatic hydroxyl groups is 2. The molecule has 0 bridgehead atoms. The molecule has 10 nitrogen and oxygen atoms in total. The minimum atomic E-state index is -6.09. The Kier molecular flexibility index (Phi) is 7.07. The van der Waals surface area contributed by atoms with E-state index in [1.54, 1.807) is 42.5 Å². The van der Waals surface area contributed by atoms with E-state index in [9.17, 15) is 36.6 Å². The molecule has 0 unspecified atom stereocenters. The summed E-state index contributed by atoms with van der Waals surface area (Å²) in [6.45, 7) is 0. The molecule has 5 atom stereocenters. The molecule has 0 aromatic heterocycles. The fraction of sp³-hybridized carbons (Fsp3) is 0.321. The van der Waals surface area contributed by atoms with Gasteiger partial charge in [0.2, 0.25) is 0 Å². The molecule has 1 aliphatic carbocycles. The number of rotatable bonds is 7. The van der Waals surface area contributed by atoms with Crippen molar-refractivity contribution in [2.45, 2.75) is 28.7 Å². The first-order valence-corrected chi connectivity index (χ1v) is 13.8. The highest BCUT2D eigenvalue weighted by Gasteiger charge is 2.78. The first kappa shape index (κ1) is 29.5. The monoisotopic (exact) mass is 610 g/mol. The second kappa shape index (κ2) is 10.1. The summed E-state index contributed by atoms with van der Waals surface area (Å²) < 4.78 is 89.3. The van der Waals surface area contributed by atoms with E-state index in [-0.39, 0.29) is 22.6 Å². The number of ether oxygens (including phenoxy) is 4. The predicted octanol–water partition coefficient (Wildman–Crippen LogP) is 3.36. The molecule has 2 N–H and O–H groups in total. The van der Waals surface area contributed by atoms with Crippen molar-refractivity contribution in [3.63, 3.8) is 0 Å². The Labute approximate surface area is 238 Å². The lowest BCUT2D eigenvalue weighted by molar-refractivity contribution is -0.161. The molecule has 1 heterocycles. The van der Waals surface area contributed by atoms with E-state index >= 15 is 0 Å². The first-order valence-electron chi connectivity index (χ1n) is 12.4. The lowest BCUT2D eigenvalue weighted by Gasteiger charge is -2.40. The van der Waals surface area contributed by atoms with E-state index in [0.717, 1.165) is 26.4 Å². The van der Waals surface area contributed by atoms with Gasteiger partial charge in [-0.25, -0.2) is 0 Å². The zero-order chi connectivity index (χ0) is 30.7. The molecule has 1 aliphatic heterocycles. The number of hydrogen-bond donors (Lipinski definition) is 2. The molecular weight excluding hydrogens is 585 g/mol. The summed E-state index contributed by atoms with van der Waals surface area (Å²) >= 11 is 0. The second-order valence-corrected chi connectivity index (χ2v) is 11.2. The Hall–Kier alpha value is -4.01. The maximum absolute atomic E-state index is 13.2. The normalized spacial score (nSPS) is 26.5. The Balaban J connectivity index is 1.83. The molecule has 5 rings (SSSR count). The number of halogens is 3. The molecule has 42 heavy (non-hydrogen) atoms. The topological polar surface area (TPSA) is 138 Å². The summed E-state index contributed by atoms with van der Waals surface area (Å²) in [5.74, 6) is -4.54. The van der Waals surface area contributed by atoms with Crippen LogP contribution in [0.4, 0.5) is 13.2 Å². The van der Waals surface area contributed by atoms with Gasteiger partial charge in [0, 0.05) is 18.1 Å². The quantitative estimate of drug-likeness (QED) is 0.233. The van der Waals surface area contributed by atoms with Crippen LogP contribution in [-0.4, -0.2) is 57.5 Å². The van der Waals surface area contributed by atoms with Crippen molar-refractivity contribution >= 4 is 16.1 Å². The number of benzene rings is 3. The third-order valence-electron chi connectivity index (χ3n) is 7.68. The summed E-state index contributed by atoms with van der Waals surface area (Å²) in [4.78, 5) is 13.2. The lowest BCUT2D eigenvalue weighted by atomic mass is 9.70. The van der Waals surface area contributed by atoms with Gasteiger partial charge in [-0.2, -0.15) is 21.6 Å². The van der Waals surface area contributed by atoms with Gasteiger partial charge in [0.05, 0.1) is 32.8 Å². The number of aliphatic hydroxyl groups excluding tert-OH is 1. The molecular formula is C28H25F3O10S. The van der Waals surface area contributed by atoms with Crippen molar-refractivity contribution in [2.24, 2.45) is 5.92 Å². The maximum atomic E-state index is 13.2. The van der Waals surface area contributed by atoms with Gasteiger partial charge in [-0.15, -0.1) is 0 Å². The fourth-order valence-electron chi connectivity index (χ4n) is 6.01. The van der Waals surface area contributed by atoms with Crippen LogP contribution in [0.1, 0.15) is 22.6 Å². The molecule has 0 amide bonds. The van der Waals surface area contributed by atoms with E-state index in [2.05, 4.69) is 4.18 Å². The predicted molar refractivity (Wildman–Crippen MR) is 138 cm³/mol. The molecule has 224 valence electrons. The van der Waals surface area contributed by atoms with Crippen LogP contribution in [0.5, 0.6) is 23.0 Å². The highest BCUT2D eigenvalue weighted by atomic mass is 32.2. The van der Waals surface area contributed by atoms with Gasteiger partial charge in [-0.05, 0) is 23.3 Å². The third kappa shape index (κ3) is 4.07. The molecule has 14 heteroatoms. The minimum absolute atomic E-state index is 0.239. The van der Waals surface area contributed by atoms with Crippen molar-refractivity contribution < 1.29 is 59.7 Å².